The molecule has 0 aromatic rings. The molecule has 118 valence electrons. The van der Waals surface area contributed by atoms with Gasteiger partial charge in [-0.05, 0) is 13.8 Å². The Morgan fingerprint density at radius 3 is 1.95 bits per heavy atom. The Labute approximate surface area is 130 Å². The van der Waals surface area contributed by atoms with Crippen LogP contribution in [-0.4, -0.2) is 23.1 Å². The molecule has 21 heavy (non-hydrogen) atoms. The molecule has 0 aliphatic rings. The number of carbonyl (C=O) groups is 4. The Balaban J connectivity index is 5.30. The minimum Gasteiger partial charge on any atom is -0.300 e. The van der Waals surface area contributed by atoms with Crippen molar-refractivity contribution in [2.75, 3.05) is 0 Å². The zero-order chi connectivity index (χ0) is 16.8. The Bertz CT molecular complexity index is 477. The highest BCUT2D eigenvalue weighted by molar-refractivity contribution is 6.28. The maximum atomic E-state index is 12.5. The van der Waals surface area contributed by atoms with Gasteiger partial charge >= 0.3 is 0 Å². The van der Waals surface area contributed by atoms with Crippen LogP contribution < -0.4 is 0 Å². The number of ketones is 4. The summed E-state index contributed by atoms with van der Waals surface area (Å²) in [6.07, 6.45) is -0.178. The van der Waals surface area contributed by atoms with Crippen molar-refractivity contribution in [3.8, 4) is 0 Å². The first-order chi connectivity index (χ1) is 9.53. The molecule has 1 unspecified atom stereocenters. The van der Waals surface area contributed by atoms with Crippen molar-refractivity contribution in [1.82, 2.24) is 0 Å². The van der Waals surface area contributed by atoms with Gasteiger partial charge in [-0.15, -0.1) is 0 Å². The van der Waals surface area contributed by atoms with E-state index < -0.39 is 5.41 Å². The summed E-state index contributed by atoms with van der Waals surface area (Å²) in [7, 11) is 0. The van der Waals surface area contributed by atoms with Crippen molar-refractivity contribution in [2.45, 2.75) is 53.9 Å². The lowest BCUT2D eigenvalue weighted by molar-refractivity contribution is -0.137. The molecule has 4 nitrogen and oxygen atoms in total. The second-order valence-electron chi connectivity index (χ2n) is 6.03. The molecule has 0 aromatic carbocycles. The van der Waals surface area contributed by atoms with Gasteiger partial charge in [-0.1, -0.05) is 32.4 Å². The Morgan fingerprint density at radius 1 is 1.10 bits per heavy atom. The summed E-state index contributed by atoms with van der Waals surface area (Å²) in [5.41, 5.74) is 0.181. The molecule has 0 bridgehead atoms. The average molecular weight is 315 g/mol. The highest BCUT2D eigenvalue weighted by atomic mass is 35.5. The van der Waals surface area contributed by atoms with Gasteiger partial charge in [-0.3, -0.25) is 19.2 Å². The molecule has 0 saturated heterocycles. The standard InChI is InChI=1S/C16H23ClO4/c1-10(2)14(20)8-16(5,7-11(3)18)15(21)6-13(9-17)12(4)19/h9-10H,6-8H2,1-5H3. The van der Waals surface area contributed by atoms with Crippen molar-refractivity contribution < 1.29 is 19.2 Å². The van der Waals surface area contributed by atoms with E-state index in [4.69, 9.17) is 11.6 Å². The number of carbonyl (C=O) groups excluding carboxylic acids is 4. The second-order valence-corrected chi connectivity index (χ2v) is 6.25. The summed E-state index contributed by atoms with van der Waals surface area (Å²) in [6.45, 7) is 7.81. The largest absolute Gasteiger partial charge is 0.300 e. The van der Waals surface area contributed by atoms with Crippen LogP contribution in [0, 0.1) is 11.3 Å². The van der Waals surface area contributed by atoms with E-state index in [1.165, 1.54) is 13.8 Å². The Hall–Kier alpha value is -1.29. The highest BCUT2D eigenvalue weighted by Gasteiger charge is 2.37. The minimum absolute atomic E-state index is 0.00342. The van der Waals surface area contributed by atoms with Gasteiger partial charge < -0.3 is 0 Å². The fraction of sp³-hybridized carbons (Fsp3) is 0.625. The van der Waals surface area contributed by atoms with E-state index in [1.54, 1.807) is 20.8 Å². The molecule has 0 N–H and O–H groups in total. The lowest BCUT2D eigenvalue weighted by atomic mass is 9.73. The molecule has 0 aromatic heterocycles. The molecular weight excluding hydrogens is 292 g/mol. The van der Waals surface area contributed by atoms with E-state index in [2.05, 4.69) is 0 Å². The molecule has 0 heterocycles. The van der Waals surface area contributed by atoms with E-state index >= 15 is 0 Å². The van der Waals surface area contributed by atoms with Gasteiger partial charge in [0.2, 0.25) is 0 Å². The van der Waals surface area contributed by atoms with Gasteiger partial charge in [0.15, 0.2) is 5.78 Å². The van der Waals surface area contributed by atoms with Crippen LogP contribution in [0.5, 0.6) is 0 Å². The number of rotatable bonds is 9. The first-order valence-electron chi connectivity index (χ1n) is 6.89. The van der Waals surface area contributed by atoms with E-state index in [9.17, 15) is 19.2 Å². The number of hydrogen-bond donors (Lipinski definition) is 0. The van der Waals surface area contributed by atoms with Crippen LogP contribution in [0.25, 0.3) is 0 Å². The first kappa shape index (κ1) is 19.7. The molecule has 0 amide bonds. The molecule has 0 spiro atoms. The summed E-state index contributed by atoms with van der Waals surface area (Å²) in [5, 5.41) is 0. The van der Waals surface area contributed by atoms with E-state index in [0.717, 1.165) is 5.54 Å². The van der Waals surface area contributed by atoms with Crippen LogP contribution in [0.15, 0.2) is 11.1 Å². The molecule has 5 heteroatoms. The van der Waals surface area contributed by atoms with Crippen LogP contribution in [0.1, 0.15) is 53.9 Å². The number of Topliss-reactive ketones (excluding diaryl/α,β-unsaturated/α-hetero) is 4. The van der Waals surface area contributed by atoms with Gasteiger partial charge in [0.25, 0.3) is 0 Å². The number of allylic oxidation sites excluding steroid dienone is 1. The Morgan fingerprint density at radius 2 is 1.62 bits per heavy atom. The van der Waals surface area contributed by atoms with Crippen molar-refractivity contribution in [1.29, 1.82) is 0 Å². The van der Waals surface area contributed by atoms with Gasteiger partial charge in [-0.2, -0.15) is 0 Å². The van der Waals surface area contributed by atoms with Crippen molar-refractivity contribution >= 4 is 34.7 Å². The maximum absolute atomic E-state index is 12.5. The van der Waals surface area contributed by atoms with Crippen molar-refractivity contribution in [3.63, 3.8) is 0 Å². The third-order valence-corrected chi connectivity index (χ3v) is 3.72. The third kappa shape index (κ3) is 6.34. The van der Waals surface area contributed by atoms with E-state index in [1.807, 2.05) is 0 Å². The molecular formula is C16H23ClO4. The zero-order valence-electron chi connectivity index (χ0n) is 13.3. The predicted octanol–water partition coefficient (Wildman–Crippen LogP) is 3.26. The normalized spacial score (nSPS) is 14.7. The SMILES string of the molecule is CC(=O)CC(C)(CC(=O)C(C)C)C(=O)CC(=CCl)C(C)=O. The minimum atomic E-state index is -1.09. The molecule has 0 saturated carbocycles. The summed E-state index contributed by atoms with van der Waals surface area (Å²) >= 11 is 5.55. The smallest absolute Gasteiger partial charge is 0.157 e. The van der Waals surface area contributed by atoms with E-state index in [0.29, 0.717) is 0 Å². The third-order valence-electron chi connectivity index (χ3n) is 3.46. The fourth-order valence-corrected chi connectivity index (χ4v) is 2.25. The van der Waals surface area contributed by atoms with Gasteiger partial charge in [0.05, 0.1) is 0 Å². The molecule has 0 aliphatic carbocycles. The summed E-state index contributed by atoms with van der Waals surface area (Å²) in [4.78, 5) is 47.2. The zero-order valence-corrected chi connectivity index (χ0v) is 14.0. The summed E-state index contributed by atoms with van der Waals surface area (Å²) < 4.78 is 0. The number of hydrogen-bond acceptors (Lipinski definition) is 4. The molecule has 0 rings (SSSR count). The van der Waals surface area contributed by atoms with Crippen LogP contribution in [-0.2, 0) is 19.2 Å². The number of halogens is 1. The van der Waals surface area contributed by atoms with Crippen molar-refractivity contribution in [3.05, 3.63) is 11.1 Å². The fourth-order valence-electron chi connectivity index (χ4n) is 2.02. The molecule has 1 atom stereocenters. The molecule has 0 aliphatic heterocycles. The monoisotopic (exact) mass is 314 g/mol. The topological polar surface area (TPSA) is 68.3 Å². The average Bonchev–Trinajstić information content (AvgIpc) is 2.33. The second kappa shape index (κ2) is 8.23. The summed E-state index contributed by atoms with van der Waals surface area (Å²) in [5.74, 6) is -1.06. The van der Waals surface area contributed by atoms with Gasteiger partial charge in [0, 0.05) is 41.7 Å². The lowest BCUT2D eigenvalue weighted by Crippen LogP contribution is -2.34. The van der Waals surface area contributed by atoms with Crippen LogP contribution in [0.2, 0.25) is 0 Å². The predicted molar refractivity (Wildman–Crippen MR) is 82.1 cm³/mol. The van der Waals surface area contributed by atoms with Crippen LogP contribution in [0.4, 0.5) is 0 Å². The first-order valence-corrected chi connectivity index (χ1v) is 7.32. The van der Waals surface area contributed by atoms with Gasteiger partial charge in [-0.25, -0.2) is 0 Å². The maximum Gasteiger partial charge on any atom is 0.157 e. The van der Waals surface area contributed by atoms with Crippen molar-refractivity contribution in [2.24, 2.45) is 11.3 Å². The highest BCUT2D eigenvalue weighted by Crippen LogP contribution is 2.32. The lowest BCUT2D eigenvalue weighted by Gasteiger charge is -2.27. The van der Waals surface area contributed by atoms with Crippen LogP contribution in [0.3, 0.4) is 0 Å². The molecule has 0 fully saturated rings. The van der Waals surface area contributed by atoms with Crippen LogP contribution >= 0.6 is 11.6 Å². The molecule has 0 radical (unpaired) electrons. The Kier molecular flexibility index (Phi) is 7.72. The quantitative estimate of drug-likeness (QED) is 0.613. The van der Waals surface area contributed by atoms with E-state index in [-0.39, 0.29) is 53.9 Å². The van der Waals surface area contributed by atoms with Gasteiger partial charge in [0.1, 0.15) is 17.3 Å². The summed E-state index contributed by atoms with van der Waals surface area (Å²) in [6, 6.07) is 0.